The first-order chi connectivity index (χ1) is 5.65. The van der Waals surface area contributed by atoms with E-state index in [9.17, 15) is 0 Å². The number of rotatable bonds is 1. The average Bonchev–Trinajstić information content (AvgIpc) is 2.08. The summed E-state index contributed by atoms with van der Waals surface area (Å²) in [6.45, 7) is 8.99. The maximum absolute atomic E-state index is 5.43. The molecule has 0 aromatic rings. The predicted molar refractivity (Wildman–Crippen MR) is 45.2 cm³/mol. The van der Waals surface area contributed by atoms with Crippen molar-refractivity contribution in [2.75, 3.05) is 20.3 Å². The van der Waals surface area contributed by atoms with Crippen molar-refractivity contribution in [3.05, 3.63) is 23.8 Å². The zero-order valence-corrected chi connectivity index (χ0v) is 8.77. The monoisotopic (exact) mass is 201 g/mol. The molecular weight excluding hydrogens is 189 g/mol. The molecule has 12 heavy (non-hydrogen) atoms. The molecule has 0 aromatic heterocycles. The van der Waals surface area contributed by atoms with Crippen LogP contribution in [0, 0.1) is 6.58 Å². The molecule has 0 unspecified atom stereocenters. The van der Waals surface area contributed by atoms with E-state index in [1.54, 1.807) is 6.08 Å². The van der Waals surface area contributed by atoms with Gasteiger partial charge >= 0.3 is 82.1 Å². The fraction of sp³-hybridized carbons (Fsp3) is 0.444. The Morgan fingerprint density at radius 3 is 3.00 bits per heavy atom. The van der Waals surface area contributed by atoms with Crippen molar-refractivity contribution in [3.63, 3.8) is 0 Å². The quantitative estimate of drug-likeness (QED) is 0.584. The normalized spacial score (nSPS) is 23.9. The van der Waals surface area contributed by atoms with Crippen LogP contribution in [0.2, 0.25) is 0 Å². The summed E-state index contributed by atoms with van der Waals surface area (Å²) in [5.74, 6) is 0. The summed E-state index contributed by atoms with van der Waals surface area (Å²) in [6, 6.07) is 0. The first-order valence-electron chi connectivity index (χ1n) is 3.77. The van der Waals surface area contributed by atoms with Gasteiger partial charge in [0.15, 0.2) is 0 Å². The summed E-state index contributed by atoms with van der Waals surface area (Å²) in [4.78, 5) is 2.10. The van der Waals surface area contributed by atoms with E-state index in [2.05, 4.69) is 21.9 Å². The van der Waals surface area contributed by atoms with E-state index >= 15 is 0 Å². The van der Waals surface area contributed by atoms with Crippen LogP contribution in [0.3, 0.4) is 0 Å². The minimum absolute atomic E-state index is 0.658. The first kappa shape index (κ1) is 9.94. The molecule has 1 fully saturated rings. The van der Waals surface area contributed by atoms with E-state index in [1.807, 2.05) is 14.0 Å². The van der Waals surface area contributed by atoms with Crippen LogP contribution in [0.1, 0.15) is 6.92 Å². The molecule has 0 atom stereocenters. The second kappa shape index (κ2) is 4.19. The third-order valence-corrected chi connectivity index (χ3v) is 2.46. The van der Waals surface area contributed by atoms with Gasteiger partial charge in [0, 0.05) is 0 Å². The Balaban J connectivity index is 2.87. The molecule has 0 N–H and O–H groups in total. The number of nitrogens with zero attached hydrogens (tertiary/aromatic N) is 1. The molecule has 1 heterocycles. The van der Waals surface area contributed by atoms with Crippen molar-refractivity contribution in [1.82, 2.24) is 4.90 Å². The van der Waals surface area contributed by atoms with Crippen LogP contribution in [0.4, 0.5) is 0 Å². The van der Waals surface area contributed by atoms with E-state index in [4.69, 9.17) is 11.3 Å². The minimum atomic E-state index is 0.658. The van der Waals surface area contributed by atoms with E-state index in [1.165, 1.54) is 5.57 Å². The van der Waals surface area contributed by atoms with E-state index < -0.39 is 0 Å². The third kappa shape index (κ3) is 2.17. The third-order valence-electron chi connectivity index (χ3n) is 1.83. The summed E-state index contributed by atoms with van der Waals surface area (Å²) in [6.07, 6.45) is 1.62. The van der Waals surface area contributed by atoms with Crippen LogP contribution in [-0.4, -0.2) is 29.6 Å². The molecule has 1 rings (SSSR count). The topological polar surface area (TPSA) is 12.5 Å². The van der Waals surface area contributed by atoms with Crippen LogP contribution in [0.5, 0.6) is 0 Å². The fourth-order valence-electron chi connectivity index (χ4n) is 1.04. The van der Waals surface area contributed by atoms with E-state index in [0.717, 1.165) is 16.5 Å². The van der Waals surface area contributed by atoms with Gasteiger partial charge in [-0.1, -0.05) is 0 Å². The van der Waals surface area contributed by atoms with Crippen molar-refractivity contribution >= 4 is 4.41 Å². The van der Waals surface area contributed by atoms with Gasteiger partial charge in [-0.05, 0) is 0 Å². The molecule has 65 valence electrons. The number of hydrogen-bond acceptors (Lipinski definition) is 2. The Bertz CT molecular complexity index is 245. The molecule has 0 aromatic carbocycles. The van der Waals surface area contributed by atoms with Crippen LogP contribution >= 0.6 is 0 Å². The summed E-state index contributed by atoms with van der Waals surface area (Å²) in [7, 11) is 2.02. The molecule has 1 aliphatic rings. The molecule has 1 aliphatic heterocycles. The Labute approximate surface area is 82.4 Å². The predicted octanol–water partition coefficient (Wildman–Crippen LogP) is 0.888. The average molecular weight is 201 g/mol. The van der Waals surface area contributed by atoms with E-state index in [0.29, 0.717) is 6.73 Å². The second-order valence-electron chi connectivity index (χ2n) is 2.92. The van der Waals surface area contributed by atoms with Gasteiger partial charge in [-0.3, -0.25) is 0 Å². The van der Waals surface area contributed by atoms with Gasteiger partial charge in [0.25, 0.3) is 0 Å². The van der Waals surface area contributed by atoms with Crippen LogP contribution < -0.4 is 0 Å². The molecule has 0 radical (unpaired) electrons. The van der Waals surface area contributed by atoms with Crippen LogP contribution in [0.25, 0.3) is 0 Å². The van der Waals surface area contributed by atoms with Gasteiger partial charge in [0.05, 0.1) is 0 Å². The van der Waals surface area contributed by atoms with Crippen LogP contribution in [0.15, 0.2) is 17.2 Å². The zero-order chi connectivity index (χ0) is 9.14. The van der Waals surface area contributed by atoms with Crippen molar-refractivity contribution in [2.24, 2.45) is 0 Å². The Morgan fingerprint density at radius 2 is 2.42 bits per heavy atom. The van der Waals surface area contributed by atoms with Gasteiger partial charge in [-0.15, -0.1) is 0 Å². The summed E-state index contributed by atoms with van der Waals surface area (Å²) < 4.78 is 6.34. The molecule has 0 spiro atoms. The standard InChI is InChI=1S/C9H12NO.V/c1-4-8(2)9-5-10(3)7-11-6-9;/h1,4H,5,7H2,2-3H3;/q-1;. The van der Waals surface area contributed by atoms with Crippen molar-refractivity contribution in [2.45, 2.75) is 6.92 Å². The second-order valence-corrected chi connectivity index (χ2v) is 3.56. The van der Waals surface area contributed by atoms with Gasteiger partial charge in [-0.2, -0.15) is 0 Å². The Hall–Kier alpha value is -0.146. The van der Waals surface area contributed by atoms with Gasteiger partial charge in [-0.25, -0.2) is 0 Å². The number of allylic oxidation sites excluding steroid dienone is 2. The first-order valence-corrected chi connectivity index (χ1v) is 4.47. The van der Waals surface area contributed by atoms with Gasteiger partial charge in [0.2, 0.25) is 0 Å². The summed E-state index contributed by atoms with van der Waals surface area (Å²) >= 11 is 2.44. The van der Waals surface area contributed by atoms with Gasteiger partial charge < -0.3 is 0 Å². The van der Waals surface area contributed by atoms with Crippen LogP contribution in [-0.2, 0) is 21.7 Å². The molecule has 0 bridgehead atoms. The SMILES string of the molecule is [CH-]=CC(C)=C1CN(C)CO[C]1=[V]. The van der Waals surface area contributed by atoms with Crippen molar-refractivity contribution in [3.8, 4) is 0 Å². The maximum atomic E-state index is 5.43. The van der Waals surface area contributed by atoms with Crippen molar-refractivity contribution in [1.29, 1.82) is 0 Å². The number of likely N-dealkylation sites (N-methyl/N-ethyl adjacent to an activating group) is 1. The number of hydrogen-bond donors (Lipinski definition) is 0. The molecule has 3 heteroatoms. The van der Waals surface area contributed by atoms with Gasteiger partial charge in [0.1, 0.15) is 0 Å². The number of ether oxygens (including phenoxy) is 1. The van der Waals surface area contributed by atoms with E-state index in [-0.39, 0.29) is 0 Å². The molecule has 0 aliphatic carbocycles. The Kier molecular flexibility index (Phi) is 3.47. The Morgan fingerprint density at radius 1 is 1.75 bits per heavy atom. The molecule has 0 saturated carbocycles. The molecule has 2 nitrogen and oxygen atoms in total. The fourth-order valence-corrected chi connectivity index (χ4v) is 1.51. The molecule has 1 saturated heterocycles. The summed E-state index contributed by atoms with van der Waals surface area (Å²) in [5.41, 5.74) is 2.25. The molecular formula is C9H12NOV-. The molecule has 0 amide bonds. The zero-order valence-electron chi connectivity index (χ0n) is 7.37. The van der Waals surface area contributed by atoms with Crippen molar-refractivity contribution < 1.29 is 21.7 Å². The summed E-state index contributed by atoms with van der Waals surface area (Å²) in [5, 5.41) is 0.